The number of rotatable bonds is 7. The third kappa shape index (κ3) is 5.23. The van der Waals surface area contributed by atoms with Crippen LogP contribution >= 0.6 is 0 Å². The van der Waals surface area contributed by atoms with E-state index in [-0.39, 0.29) is 11.8 Å². The molecule has 1 aromatic heterocycles. The van der Waals surface area contributed by atoms with E-state index in [1.807, 2.05) is 31.2 Å². The van der Waals surface area contributed by atoms with Crippen LogP contribution in [0.4, 0.5) is 5.69 Å². The molecule has 2 N–H and O–H groups in total. The molecule has 1 atom stereocenters. The van der Waals surface area contributed by atoms with Crippen LogP contribution in [0.3, 0.4) is 0 Å². The average molecular weight is 378 g/mol. The number of benzene rings is 2. The zero-order valence-corrected chi connectivity index (χ0v) is 15.8. The topological polar surface area (TPSA) is 80.6 Å². The van der Waals surface area contributed by atoms with Crippen molar-refractivity contribution in [2.75, 3.05) is 5.32 Å². The molecule has 3 rings (SSSR count). The van der Waals surface area contributed by atoms with Crippen molar-refractivity contribution < 1.29 is 18.7 Å². The van der Waals surface area contributed by atoms with Crippen LogP contribution in [-0.2, 0) is 11.3 Å². The quantitative estimate of drug-likeness (QED) is 0.653. The minimum absolute atomic E-state index is 0.217. The van der Waals surface area contributed by atoms with Crippen molar-refractivity contribution in [2.24, 2.45) is 0 Å². The summed E-state index contributed by atoms with van der Waals surface area (Å²) >= 11 is 0. The SMILES string of the molecule is Cc1ccc(OC(C)C(=O)Nc2ccc(C(=O)NCc3ccco3)cc2)cc1. The van der Waals surface area contributed by atoms with Crippen LogP contribution in [0.2, 0.25) is 0 Å². The van der Waals surface area contributed by atoms with E-state index in [1.54, 1.807) is 49.6 Å². The Morgan fingerprint density at radius 2 is 1.75 bits per heavy atom. The van der Waals surface area contributed by atoms with Crippen molar-refractivity contribution in [1.82, 2.24) is 5.32 Å². The van der Waals surface area contributed by atoms with Gasteiger partial charge in [0.05, 0.1) is 12.8 Å². The predicted molar refractivity (Wildman–Crippen MR) is 106 cm³/mol. The highest BCUT2D eigenvalue weighted by Gasteiger charge is 2.15. The van der Waals surface area contributed by atoms with Crippen LogP contribution in [0.5, 0.6) is 5.75 Å². The Balaban J connectivity index is 1.51. The first-order valence-corrected chi connectivity index (χ1v) is 8.96. The molecule has 0 fully saturated rings. The van der Waals surface area contributed by atoms with E-state index < -0.39 is 6.10 Å². The van der Waals surface area contributed by atoms with Gasteiger partial charge in [0.2, 0.25) is 0 Å². The molecular weight excluding hydrogens is 356 g/mol. The van der Waals surface area contributed by atoms with E-state index in [2.05, 4.69) is 10.6 Å². The third-order valence-electron chi connectivity index (χ3n) is 4.12. The minimum atomic E-state index is -0.654. The van der Waals surface area contributed by atoms with Crippen LogP contribution in [-0.4, -0.2) is 17.9 Å². The van der Waals surface area contributed by atoms with Gasteiger partial charge in [-0.25, -0.2) is 0 Å². The van der Waals surface area contributed by atoms with Gasteiger partial charge in [0.15, 0.2) is 6.10 Å². The minimum Gasteiger partial charge on any atom is -0.481 e. The Labute approximate surface area is 163 Å². The fourth-order valence-electron chi connectivity index (χ4n) is 2.51. The lowest BCUT2D eigenvalue weighted by Crippen LogP contribution is -2.30. The summed E-state index contributed by atoms with van der Waals surface area (Å²) in [6.07, 6.45) is 0.904. The summed E-state index contributed by atoms with van der Waals surface area (Å²) in [6, 6.07) is 17.7. The lowest BCUT2D eigenvalue weighted by atomic mass is 10.2. The number of aryl methyl sites for hydroxylation is 1. The molecule has 0 aliphatic heterocycles. The summed E-state index contributed by atoms with van der Waals surface area (Å²) in [5, 5.41) is 5.55. The van der Waals surface area contributed by atoms with Gasteiger partial charge in [-0.3, -0.25) is 9.59 Å². The monoisotopic (exact) mass is 378 g/mol. The average Bonchev–Trinajstić information content (AvgIpc) is 3.22. The third-order valence-corrected chi connectivity index (χ3v) is 4.12. The maximum atomic E-state index is 12.3. The first-order chi connectivity index (χ1) is 13.5. The van der Waals surface area contributed by atoms with Gasteiger partial charge in [-0.15, -0.1) is 0 Å². The largest absolute Gasteiger partial charge is 0.481 e. The molecule has 0 aliphatic rings. The summed E-state index contributed by atoms with van der Waals surface area (Å²) in [4.78, 5) is 24.5. The van der Waals surface area contributed by atoms with Gasteiger partial charge in [0.1, 0.15) is 11.5 Å². The van der Waals surface area contributed by atoms with Gasteiger partial charge >= 0.3 is 0 Å². The normalized spacial score (nSPS) is 11.5. The van der Waals surface area contributed by atoms with Gasteiger partial charge in [-0.2, -0.15) is 0 Å². The Morgan fingerprint density at radius 1 is 1.04 bits per heavy atom. The lowest BCUT2D eigenvalue weighted by molar-refractivity contribution is -0.122. The lowest BCUT2D eigenvalue weighted by Gasteiger charge is -2.15. The number of carbonyl (C=O) groups is 2. The molecule has 1 unspecified atom stereocenters. The summed E-state index contributed by atoms with van der Waals surface area (Å²) in [5.41, 5.74) is 2.21. The Hall–Kier alpha value is -3.54. The maximum Gasteiger partial charge on any atom is 0.265 e. The molecule has 0 saturated heterocycles. The first-order valence-electron chi connectivity index (χ1n) is 8.96. The van der Waals surface area contributed by atoms with Gasteiger partial charge in [0, 0.05) is 11.3 Å². The van der Waals surface area contributed by atoms with E-state index in [9.17, 15) is 9.59 Å². The number of amides is 2. The molecule has 144 valence electrons. The second kappa shape index (κ2) is 8.90. The van der Waals surface area contributed by atoms with Gasteiger partial charge < -0.3 is 19.8 Å². The molecule has 6 nitrogen and oxygen atoms in total. The van der Waals surface area contributed by atoms with Crippen molar-refractivity contribution in [3.05, 3.63) is 83.8 Å². The molecule has 1 heterocycles. The smallest absolute Gasteiger partial charge is 0.265 e. The van der Waals surface area contributed by atoms with Crippen LogP contribution in [0.1, 0.15) is 28.6 Å². The zero-order chi connectivity index (χ0) is 19.9. The zero-order valence-electron chi connectivity index (χ0n) is 15.8. The van der Waals surface area contributed by atoms with Gasteiger partial charge in [-0.05, 0) is 62.4 Å². The molecule has 2 amide bonds. The van der Waals surface area contributed by atoms with E-state index in [0.29, 0.717) is 29.3 Å². The Morgan fingerprint density at radius 3 is 2.39 bits per heavy atom. The Kier molecular flexibility index (Phi) is 6.11. The summed E-state index contributed by atoms with van der Waals surface area (Å²) in [6.45, 7) is 3.99. The van der Waals surface area contributed by atoms with E-state index in [4.69, 9.17) is 9.15 Å². The van der Waals surface area contributed by atoms with E-state index >= 15 is 0 Å². The molecular formula is C22H22N2O4. The number of hydrogen-bond acceptors (Lipinski definition) is 4. The van der Waals surface area contributed by atoms with Crippen molar-refractivity contribution in [3.8, 4) is 5.75 Å². The molecule has 2 aromatic carbocycles. The highest BCUT2D eigenvalue weighted by atomic mass is 16.5. The van der Waals surface area contributed by atoms with Crippen molar-refractivity contribution >= 4 is 17.5 Å². The fourth-order valence-corrected chi connectivity index (χ4v) is 2.51. The second-order valence-corrected chi connectivity index (χ2v) is 6.40. The molecule has 0 saturated carbocycles. The van der Waals surface area contributed by atoms with Gasteiger partial charge in [0.25, 0.3) is 11.8 Å². The number of nitrogens with one attached hydrogen (secondary N) is 2. The molecule has 0 spiro atoms. The van der Waals surface area contributed by atoms with Gasteiger partial charge in [-0.1, -0.05) is 17.7 Å². The first kappa shape index (κ1) is 19.2. The molecule has 28 heavy (non-hydrogen) atoms. The fraction of sp³-hybridized carbons (Fsp3) is 0.182. The highest BCUT2D eigenvalue weighted by molar-refractivity contribution is 5.96. The summed E-state index contributed by atoms with van der Waals surface area (Å²) in [7, 11) is 0. The van der Waals surface area contributed by atoms with Crippen molar-refractivity contribution in [3.63, 3.8) is 0 Å². The van der Waals surface area contributed by atoms with Crippen molar-refractivity contribution in [2.45, 2.75) is 26.5 Å². The molecule has 3 aromatic rings. The van der Waals surface area contributed by atoms with Crippen LogP contribution < -0.4 is 15.4 Å². The standard InChI is InChI=1S/C22H22N2O4/c1-15-5-11-19(12-6-15)28-16(2)21(25)24-18-9-7-17(8-10-18)22(26)23-14-20-4-3-13-27-20/h3-13,16H,14H2,1-2H3,(H,23,26)(H,24,25). The van der Waals surface area contributed by atoms with Crippen molar-refractivity contribution in [1.29, 1.82) is 0 Å². The highest BCUT2D eigenvalue weighted by Crippen LogP contribution is 2.15. The summed E-state index contributed by atoms with van der Waals surface area (Å²) < 4.78 is 10.8. The molecule has 0 aliphatic carbocycles. The van der Waals surface area contributed by atoms with Crippen LogP contribution in [0.25, 0.3) is 0 Å². The maximum absolute atomic E-state index is 12.3. The number of hydrogen-bond donors (Lipinski definition) is 2. The van der Waals surface area contributed by atoms with Crippen LogP contribution in [0.15, 0.2) is 71.3 Å². The number of anilines is 1. The predicted octanol–water partition coefficient (Wildman–Crippen LogP) is 3.92. The molecule has 0 bridgehead atoms. The van der Waals surface area contributed by atoms with E-state index in [0.717, 1.165) is 5.56 Å². The second-order valence-electron chi connectivity index (χ2n) is 6.40. The van der Waals surface area contributed by atoms with E-state index in [1.165, 1.54) is 0 Å². The number of ether oxygens (including phenoxy) is 1. The molecule has 0 radical (unpaired) electrons. The summed E-state index contributed by atoms with van der Waals surface area (Å²) in [5.74, 6) is 0.831. The van der Waals surface area contributed by atoms with Crippen LogP contribution in [0, 0.1) is 6.92 Å². The Bertz CT molecular complexity index is 916. The molecule has 6 heteroatoms. The number of furan rings is 1. The number of carbonyl (C=O) groups excluding carboxylic acids is 2.